The topological polar surface area (TPSA) is 48.5 Å². The molecule has 0 amide bonds. The predicted octanol–water partition coefficient (Wildman–Crippen LogP) is 15.4. The zero-order chi connectivity index (χ0) is 43.0. The molecule has 1 aliphatic rings. The molecule has 306 valence electrons. The fraction of sp³-hybridized carbons (Fsp3) is 0.0500. The quantitative estimate of drug-likeness (QED) is 0.168. The van der Waals surface area contributed by atoms with E-state index in [2.05, 4.69) is 222 Å². The third-order valence-corrected chi connectivity index (χ3v) is 13.4. The number of hydrogen-bond acceptors (Lipinski definition) is 3. The first-order valence-electron chi connectivity index (χ1n) is 22.4. The summed E-state index contributed by atoms with van der Waals surface area (Å²) >= 11 is 0. The summed E-state index contributed by atoms with van der Waals surface area (Å²) in [4.78, 5) is 15.8. The molecular weight excluding hydrogens is 791 g/mol. The fourth-order valence-electron chi connectivity index (χ4n) is 10.2. The van der Waals surface area contributed by atoms with Crippen molar-refractivity contribution >= 4 is 70.7 Å². The minimum absolute atomic E-state index is 0.277. The van der Waals surface area contributed by atoms with Crippen molar-refractivity contribution in [1.29, 1.82) is 0 Å². The summed E-state index contributed by atoms with van der Waals surface area (Å²) in [6.45, 7) is 2.25. The summed E-state index contributed by atoms with van der Waals surface area (Å²) in [5.74, 6) is 2.31. The van der Waals surface area contributed by atoms with Gasteiger partial charge in [0.05, 0.1) is 27.8 Å². The normalized spacial score (nSPS) is 14.0. The molecule has 13 rings (SSSR count). The first-order chi connectivity index (χ1) is 32.1. The Kier molecular flexibility index (Phi) is 8.50. The van der Waals surface area contributed by atoms with Crippen LogP contribution in [0.1, 0.15) is 19.2 Å². The zero-order valence-electron chi connectivity index (χ0n) is 35.7. The lowest BCUT2D eigenvalue weighted by Gasteiger charge is -2.18. The number of hydrogen-bond donors (Lipinski definition) is 0. The van der Waals surface area contributed by atoms with Crippen LogP contribution < -0.4 is 0 Å². The molecule has 0 fully saturated rings. The fourth-order valence-corrected chi connectivity index (χ4v) is 10.2. The van der Waals surface area contributed by atoms with E-state index in [1.807, 2.05) is 6.07 Å². The van der Waals surface area contributed by atoms with E-state index in [-0.39, 0.29) is 5.92 Å². The Labute approximate surface area is 375 Å². The molecule has 0 aliphatic heterocycles. The molecule has 1 aliphatic carbocycles. The monoisotopic (exact) mass is 831 g/mol. The maximum atomic E-state index is 5.31. The van der Waals surface area contributed by atoms with Crippen LogP contribution in [0, 0.1) is 5.92 Å². The number of nitrogens with zero attached hydrogens (tertiary/aromatic N) is 5. The van der Waals surface area contributed by atoms with Crippen LogP contribution in [0.15, 0.2) is 212 Å². The Morgan fingerprint density at radius 2 is 1.03 bits per heavy atom. The van der Waals surface area contributed by atoms with Gasteiger partial charge in [-0.25, -0.2) is 15.0 Å². The van der Waals surface area contributed by atoms with E-state index >= 15 is 0 Å². The Morgan fingerprint density at radius 3 is 1.89 bits per heavy atom. The molecule has 0 bridgehead atoms. The molecular formula is C60H41N5. The zero-order valence-corrected chi connectivity index (χ0v) is 35.7. The van der Waals surface area contributed by atoms with Gasteiger partial charge in [0.25, 0.3) is 0 Å². The van der Waals surface area contributed by atoms with E-state index in [1.165, 1.54) is 43.4 Å². The van der Waals surface area contributed by atoms with Crippen molar-refractivity contribution in [1.82, 2.24) is 24.1 Å². The Balaban J connectivity index is 1.05. The van der Waals surface area contributed by atoms with E-state index in [4.69, 9.17) is 15.0 Å². The van der Waals surface area contributed by atoms with Gasteiger partial charge in [0.15, 0.2) is 17.5 Å². The second-order valence-corrected chi connectivity index (χ2v) is 17.2. The SMILES string of the molecule is CC1CC=CC=C1c1nc(-c2cccc(-c3ccccc3)c2)nc(-c2cccc3c(-n4c5ccccc5c5cc6c7cc8ccccc8cc7n(-c7ccccc7)c6cc54)cccc23)n1. The minimum Gasteiger partial charge on any atom is -0.309 e. The molecule has 3 aromatic heterocycles. The van der Waals surface area contributed by atoms with Gasteiger partial charge in [0.2, 0.25) is 0 Å². The molecule has 0 spiro atoms. The maximum absolute atomic E-state index is 5.31. The summed E-state index contributed by atoms with van der Waals surface area (Å²) in [6, 6.07) is 70.0. The lowest BCUT2D eigenvalue weighted by Crippen LogP contribution is -2.08. The molecule has 5 nitrogen and oxygen atoms in total. The second kappa shape index (κ2) is 14.9. The van der Waals surface area contributed by atoms with Crippen molar-refractivity contribution < 1.29 is 0 Å². The number of fused-ring (bicyclic) bond motifs is 8. The molecule has 1 atom stereocenters. The molecule has 12 aromatic rings. The van der Waals surface area contributed by atoms with Crippen LogP contribution in [0.25, 0.3) is 116 Å². The van der Waals surface area contributed by atoms with Crippen molar-refractivity contribution in [3.8, 4) is 45.3 Å². The van der Waals surface area contributed by atoms with Crippen LogP contribution in [0.3, 0.4) is 0 Å². The number of allylic oxidation sites excluding steroid dienone is 4. The van der Waals surface area contributed by atoms with Crippen LogP contribution in [-0.4, -0.2) is 24.1 Å². The second-order valence-electron chi connectivity index (χ2n) is 17.2. The molecule has 1 unspecified atom stereocenters. The average Bonchev–Trinajstić information content (AvgIpc) is 3.86. The highest BCUT2D eigenvalue weighted by Crippen LogP contribution is 2.43. The summed E-state index contributed by atoms with van der Waals surface area (Å²) in [5, 5.41) is 9.57. The van der Waals surface area contributed by atoms with Gasteiger partial charge in [-0.1, -0.05) is 165 Å². The third kappa shape index (κ3) is 6.04. The lowest BCUT2D eigenvalue weighted by atomic mass is 9.92. The van der Waals surface area contributed by atoms with Crippen molar-refractivity contribution in [3.05, 3.63) is 218 Å². The summed E-state index contributed by atoms with van der Waals surface area (Å²) < 4.78 is 4.89. The third-order valence-electron chi connectivity index (χ3n) is 13.4. The molecule has 0 radical (unpaired) electrons. The van der Waals surface area contributed by atoms with Gasteiger partial charge in [-0.15, -0.1) is 0 Å². The van der Waals surface area contributed by atoms with Gasteiger partial charge in [-0.2, -0.15) is 0 Å². The van der Waals surface area contributed by atoms with Gasteiger partial charge in [-0.05, 0) is 94.2 Å². The van der Waals surface area contributed by atoms with E-state index in [9.17, 15) is 0 Å². The van der Waals surface area contributed by atoms with E-state index in [0.29, 0.717) is 17.5 Å². The van der Waals surface area contributed by atoms with E-state index in [0.717, 1.165) is 67.4 Å². The smallest absolute Gasteiger partial charge is 0.164 e. The first-order valence-corrected chi connectivity index (χ1v) is 22.4. The van der Waals surface area contributed by atoms with Crippen LogP contribution in [0.5, 0.6) is 0 Å². The highest BCUT2D eigenvalue weighted by atomic mass is 15.0. The van der Waals surface area contributed by atoms with E-state index < -0.39 is 0 Å². The molecule has 65 heavy (non-hydrogen) atoms. The van der Waals surface area contributed by atoms with Crippen molar-refractivity contribution in [2.24, 2.45) is 5.92 Å². The maximum Gasteiger partial charge on any atom is 0.164 e. The molecule has 3 heterocycles. The van der Waals surface area contributed by atoms with Gasteiger partial charge in [0, 0.05) is 49.3 Å². The largest absolute Gasteiger partial charge is 0.309 e. The summed E-state index contributed by atoms with van der Waals surface area (Å²) in [6.07, 6.45) is 7.45. The Morgan fingerprint density at radius 1 is 0.415 bits per heavy atom. The molecule has 5 heteroatoms. The predicted molar refractivity (Wildman–Crippen MR) is 271 cm³/mol. The van der Waals surface area contributed by atoms with Crippen molar-refractivity contribution in [2.75, 3.05) is 0 Å². The molecule has 0 saturated heterocycles. The van der Waals surface area contributed by atoms with Crippen LogP contribution in [-0.2, 0) is 0 Å². The minimum atomic E-state index is 0.277. The van der Waals surface area contributed by atoms with Crippen LogP contribution in [0.2, 0.25) is 0 Å². The van der Waals surface area contributed by atoms with Gasteiger partial charge in [0.1, 0.15) is 0 Å². The molecule has 0 saturated carbocycles. The average molecular weight is 832 g/mol. The van der Waals surface area contributed by atoms with E-state index in [1.54, 1.807) is 0 Å². The standard InChI is InChI=1S/C60H41N5/c1-38-17-8-11-26-45(38)59-61-58(43-23-14-22-40(33-43)39-18-4-2-5-19-39)62-60(63-59)49-30-15-29-47-46(49)28-16-32-54(47)65-53-31-13-12-27-48(53)51-36-52-50-34-41-20-9-10-21-42(41)35-55(50)64(56(52)37-57(51)65)44-24-6-3-7-25-44/h2-16,18-38H,17H2,1H3. The Bertz CT molecular complexity index is 3930. The molecule has 0 N–H and O–H groups in total. The number of benzene rings is 9. The van der Waals surface area contributed by atoms with Crippen molar-refractivity contribution in [3.63, 3.8) is 0 Å². The number of rotatable bonds is 6. The first kappa shape index (κ1) is 37.2. The Hall–Kier alpha value is -8.41. The lowest BCUT2D eigenvalue weighted by molar-refractivity contribution is 0.747. The van der Waals surface area contributed by atoms with Crippen molar-refractivity contribution in [2.45, 2.75) is 13.3 Å². The van der Waals surface area contributed by atoms with Gasteiger partial charge >= 0.3 is 0 Å². The molecule has 9 aromatic carbocycles. The van der Waals surface area contributed by atoms with Gasteiger partial charge in [-0.3, -0.25) is 0 Å². The van der Waals surface area contributed by atoms with Gasteiger partial charge < -0.3 is 9.13 Å². The highest BCUT2D eigenvalue weighted by Gasteiger charge is 2.23. The summed E-state index contributed by atoms with van der Waals surface area (Å²) in [5.41, 5.74) is 12.2. The number of aromatic nitrogens is 5. The summed E-state index contributed by atoms with van der Waals surface area (Å²) in [7, 11) is 0. The highest BCUT2D eigenvalue weighted by molar-refractivity contribution is 6.21. The van der Waals surface area contributed by atoms with Crippen LogP contribution in [0.4, 0.5) is 0 Å². The van der Waals surface area contributed by atoms with Crippen LogP contribution >= 0.6 is 0 Å². The number of para-hydroxylation sites is 2.